The molecule has 0 bridgehead atoms. The molecule has 0 aliphatic heterocycles. The highest BCUT2D eigenvalue weighted by atomic mass is 16.5. The predicted octanol–water partition coefficient (Wildman–Crippen LogP) is 3.24. The number of aryl methyl sites for hydroxylation is 3. The molecule has 0 spiro atoms. The predicted molar refractivity (Wildman–Crippen MR) is 106 cm³/mol. The molecule has 0 fully saturated rings. The number of nitrogen functional groups attached to an aromatic ring is 1. The summed E-state index contributed by atoms with van der Waals surface area (Å²) in [7, 11) is 3.14. The number of nitrogens with two attached hydrogens (primary N) is 2. The van der Waals surface area contributed by atoms with E-state index in [1.165, 1.54) is 7.05 Å². The molecule has 0 radical (unpaired) electrons. The van der Waals surface area contributed by atoms with Gasteiger partial charge in [-0.15, -0.1) is 0 Å². The van der Waals surface area contributed by atoms with Crippen LogP contribution in [0, 0.1) is 27.7 Å². The second-order valence-corrected chi connectivity index (χ2v) is 6.07. The molecule has 0 unspecified atom stereocenters. The first kappa shape index (κ1) is 19.5. The van der Waals surface area contributed by atoms with E-state index in [0.29, 0.717) is 17.0 Å². The average molecular weight is 354 g/mol. The molecule has 0 saturated carbocycles. The summed E-state index contributed by atoms with van der Waals surface area (Å²) in [4.78, 5) is 16.3. The number of carbonyl (C=O) groups excluding carboxylic acids is 1. The summed E-state index contributed by atoms with van der Waals surface area (Å²) in [6, 6.07) is 5.88. The van der Waals surface area contributed by atoms with Gasteiger partial charge in [0.15, 0.2) is 6.29 Å². The largest absolute Gasteiger partial charge is 0.496 e. The van der Waals surface area contributed by atoms with Crippen molar-refractivity contribution in [3.05, 3.63) is 46.1 Å². The molecule has 0 atom stereocenters. The lowest BCUT2D eigenvalue weighted by molar-refractivity contribution is 0.112. The van der Waals surface area contributed by atoms with Gasteiger partial charge in [-0.1, -0.05) is 6.07 Å². The van der Waals surface area contributed by atoms with Crippen molar-refractivity contribution in [3.63, 3.8) is 0 Å². The van der Waals surface area contributed by atoms with Gasteiger partial charge in [-0.25, -0.2) is 4.98 Å². The number of nitrogens with zero attached hydrogens (tertiary/aromatic N) is 2. The summed E-state index contributed by atoms with van der Waals surface area (Å²) in [5.41, 5.74) is 16.8. The number of rotatable bonds is 3. The number of fused-ring (bicyclic) bond motifs is 1. The van der Waals surface area contributed by atoms with Gasteiger partial charge in [-0.3, -0.25) is 9.36 Å². The van der Waals surface area contributed by atoms with E-state index in [0.717, 1.165) is 45.5 Å². The smallest absolute Gasteiger partial charge is 0.154 e. The number of benzene rings is 1. The molecule has 0 aliphatic rings. The Morgan fingerprint density at radius 1 is 1.12 bits per heavy atom. The Kier molecular flexibility index (Phi) is 5.67. The van der Waals surface area contributed by atoms with Gasteiger partial charge >= 0.3 is 0 Å². The Bertz CT molecular complexity index is 974. The van der Waals surface area contributed by atoms with Crippen molar-refractivity contribution in [3.8, 4) is 11.4 Å². The SMILES string of the molecule is CN.COc1ccc(C)c(-n2c(N)c(C=O)c3cc(C)c(C)nc32)c1C. The Morgan fingerprint density at radius 2 is 1.77 bits per heavy atom. The van der Waals surface area contributed by atoms with Crippen LogP contribution in [0.25, 0.3) is 16.7 Å². The summed E-state index contributed by atoms with van der Waals surface area (Å²) in [5.74, 6) is 1.17. The summed E-state index contributed by atoms with van der Waals surface area (Å²) >= 11 is 0. The summed E-state index contributed by atoms with van der Waals surface area (Å²) in [6.45, 7) is 7.92. The highest BCUT2D eigenvalue weighted by Crippen LogP contribution is 2.35. The van der Waals surface area contributed by atoms with E-state index in [4.69, 9.17) is 15.5 Å². The van der Waals surface area contributed by atoms with Crippen molar-refractivity contribution >= 4 is 23.1 Å². The first-order valence-electron chi connectivity index (χ1n) is 8.36. The van der Waals surface area contributed by atoms with Crippen LogP contribution in [0.3, 0.4) is 0 Å². The van der Waals surface area contributed by atoms with Crippen molar-refractivity contribution in [2.24, 2.45) is 5.73 Å². The van der Waals surface area contributed by atoms with Crippen molar-refractivity contribution < 1.29 is 9.53 Å². The number of anilines is 1. The van der Waals surface area contributed by atoms with E-state index < -0.39 is 0 Å². The van der Waals surface area contributed by atoms with Gasteiger partial charge in [-0.2, -0.15) is 0 Å². The Balaban J connectivity index is 0.00000117. The lowest BCUT2D eigenvalue weighted by atomic mass is 10.1. The fourth-order valence-electron chi connectivity index (χ4n) is 3.17. The molecule has 6 nitrogen and oxygen atoms in total. The second kappa shape index (κ2) is 7.58. The van der Waals surface area contributed by atoms with Crippen molar-refractivity contribution in [2.45, 2.75) is 27.7 Å². The molecule has 2 aromatic heterocycles. The molecular formula is C20H26N4O2. The molecule has 26 heavy (non-hydrogen) atoms. The van der Waals surface area contributed by atoms with E-state index >= 15 is 0 Å². The third-order valence-corrected chi connectivity index (χ3v) is 4.61. The van der Waals surface area contributed by atoms with Gasteiger partial charge in [-0.05, 0) is 58.0 Å². The van der Waals surface area contributed by atoms with E-state index in [9.17, 15) is 4.79 Å². The van der Waals surface area contributed by atoms with E-state index in [-0.39, 0.29) is 0 Å². The maximum Gasteiger partial charge on any atom is 0.154 e. The molecule has 6 heteroatoms. The van der Waals surface area contributed by atoms with Crippen molar-refractivity contribution in [1.82, 2.24) is 9.55 Å². The van der Waals surface area contributed by atoms with Crippen molar-refractivity contribution in [1.29, 1.82) is 0 Å². The molecule has 4 N–H and O–H groups in total. The van der Waals surface area contributed by atoms with Gasteiger partial charge in [0.1, 0.15) is 17.2 Å². The lowest BCUT2D eigenvalue weighted by Crippen LogP contribution is -2.07. The molecule has 3 aromatic rings. The number of aldehydes is 1. The molecule has 0 aliphatic carbocycles. The van der Waals surface area contributed by atoms with Crippen LogP contribution in [-0.4, -0.2) is 30.0 Å². The zero-order chi connectivity index (χ0) is 19.6. The fourth-order valence-corrected chi connectivity index (χ4v) is 3.17. The Hall–Kier alpha value is -2.86. The molecule has 3 rings (SSSR count). The minimum Gasteiger partial charge on any atom is -0.496 e. The maximum atomic E-state index is 11.6. The summed E-state index contributed by atoms with van der Waals surface area (Å²) in [5, 5.41) is 0.771. The third-order valence-electron chi connectivity index (χ3n) is 4.61. The van der Waals surface area contributed by atoms with E-state index in [2.05, 4.69) is 5.73 Å². The highest BCUT2D eigenvalue weighted by Gasteiger charge is 2.21. The van der Waals surface area contributed by atoms with E-state index in [1.807, 2.05) is 50.5 Å². The van der Waals surface area contributed by atoms with Crippen LogP contribution in [0.4, 0.5) is 5.82 Å². The van der Waals surface area contributed by atoms with Crippen LogP contribution in [-0.2, 0) is 0 Å². The number of pyridine rings is 1. The van der Waals surface area contributed by atoms with E-state index in [1.54, 1.807) is 7.11 Å². The Morgan fingerprint density at radius 3 is 2.35 bits per heavy atom. The highest BCUT2D eigenvalue weighted by molar-refractivity contribution is 6.03. The third kappa shape index (κ3) is 2.93. The van der Waals surface area contributed by atoms with Crippen LogP contribution in [0.5, 0.6) is 5.75 Å². The second-order valence-electron chi connectivity index (χ2n) is 6.07. The normalized spacial score (nSPS) is 10.4. The topological polar surface area (TPSA) is 96.2 Å². The van der Waals surface area contributed by atoms with Crippen LogP contribution < -0.4 is 16.2 Å². The number of hydrogen-bond acceptors (Lipinski definition) is 5. The fraction of sp³-hybridized carbons (Fsp3) is 0.300. The van der Waals surface area contributed by atoms with Gasteiger partial charge in [0, 0.05) is 16.6 Å². The molecule has 138 valence electrons. The molecule has 0 saturated heterocycles. The van der Waals surface area contributed by atoms with Crippen LogP contribution in [0.1, 0.15) is 32.7 Å². The minimum absolute atomic E-state index is 0.400. The van der Waals surface area contributed by atoms with Gasteiger partial charge in [0.25, 0.3) is 0 Å². The Labute approximate surface area is 153 Å². The number of methoxy groups -OCH3 is 1. The van der Waals surface area contributed by atoms with Crippen molar-refractivity contribution in [2.75, 3.05) is 19.9 Å². The zero-order valence-corrected chi connectivity index (χ0v) is 16.2. The number of hydrogen-bond donors (Lipinski definition) is 2. The quantitative estimate of drug-likeness (QED) is 0.704. The number of aromatic nitrogens is 2. The summed E-state index contributed by atoms with van der Waals surface area (Å²) in [6.07, 6.45) is 0.801. The van der Waals surface area contributed by atoms with Gasteiger partial charge in [0.2, 0.25) is 0 Å². The van der Waals surface area contributed by atoms with Crippen LogP contribution >= 0.6 is 0 Å². The summed E-state index contributed by atoms with van der Waals surface area (Å²) < 4.78 is 7.31. The number of ether oxygens (including phenoxy) is 1. The molecular weight excluding hydrogens is 328 g/mol. The zero-order valence-electron chi connectivity index (χ0n) is 16.2. The first-order valence-corrected chi connectivity index (χ1v) is 8.36. The first-order chi connectivity index (χ1) is 12.4. The lowest BCUT2D eigenvalue weighted by Gasteiger charge is -2.17. The van der Waals surface area contributed by atoms with Crippen LogP contribution in [0.2, 0.25) is 0 Å². The van der Waals surface area contributed by atoms with Gasteiger partial charge < -0.3 is 16.2 Å². The van der Waals surface area contributed by atoms with Crippen LogP contribution in [0.15, 0.2) is 18.2 Å². The molecule has 1 aromatic carbocycles. The molecule has 0 amide bonds. The minimum atomic E-state index is 0.400. The monoisotopic (exact) mass is 354 g/mol. The standard InChI is InChI=1S/C19H21N3O2.CH5N/c1-10-6-7-16(24-5)12(3)17(10)22-18(20)15(9-23)14-8-11(2)13(4)21-19(14)22;1-2/h6-9H,20H2,1-5H3;2H2,1H3. The van der Waals surface area contributed by atoms with Gasteiger partial charge in [0.05, 0.1) is 18.4 Å². The molecule has 2 heterocycles. The maximum absolute atomic E-state index is 11.6. The average Bonchev–Trinajstić information content (AvgIpc) is 2.88. The number of carbonyl (C=O) groups is 1.